The molecule has 0 amide bonds. The zero-order chi connectivity index (χ0) is 12.1. The Labute approximate surface area is 123 Å². The summed E-state index contributed by atoms with van der Waals surface area (Å²) in [6.45, 7) is 0. The molecule has 0 N–H and O–H groups in total. The minimum atomic E-state index is -0.369. The van der Waals surface area contributed by atoms with Crippen molar-refractivity contribution in [3.63, 3.8) is 0 Å². The Hall–Kier alpha value is 1.01. The summed E-state index contributed by atoms with van der Waals surface area (Å²) < 4.78 is 5.23. The first-order valence-electron chi connectivity index (χ1n) is 5.19. The summed E-state index contributed by atoms with van der Waals surface area (Å²) in [7, 11) is 0. The van der Waals surface area contributed by atoms with E-state index in [0.29, 0.717) is 9.65 Å². The molecule has 6 heteroatoms. The SMILES string of the molecule is O=C(OC(CCl)CCl)[C@@H]1CC[C@@H](Br)[C@@H](Br)C1. The molecule has 0 aliphatic heterocycles. The lowest BCUT2D eigenvalue weighted by Gasteiger charge is -2.29. The topological polar surface area (TPSA) is 26.3 Å². The number of hydrogen-bond donors (Lipinski definition) is 0. The Balaban J connectivity index is 2.42. The Kier molecular flexibility index (Phi) is 7.01. The molecule has 1 saturated carbocycles. The van der Waals surface area contributed by atoms with Gasteiger partial charge in [-0.2, -0.15) is 0 Å². The van der Waals surface area contributed by atoms with E-state index in [1.165, 1.54) is 0 Å². The maximum atomic E-state index is 11.8. The minimum absolute atomic E-state index is 0.0351. The van der Waals surface area contributed by atoms with E-state index in [0.717, 1.165) is 19.3 Å². The Morgan fingerprint density at radius 2 is 1.88 bits per heavy atom. The molecule has 2 nitrogen and oxygen atoms in total. The molecule has 16 heavy (non-hydrogen) atoms. The number of rotatable bonds is 4. The molecule has 1 aliphatic carbocycles. The number of ether oxygens (including phenoxy) is 1. The van der Waals surface area contributed by atoms with Crippen LogP contribution in [0.2, 0.25) is 0 Å². The average Bonchev–Trinajstić information content (AvgIpc) is 2.29. The first kappa shape index (κ1) is 15.1. The lowest BCUT2D eigenvalue weighted by atomic mass is 9.89. The summed E-state index contributed by atoms with van der Waals surface area (Å²) >= 11 is 18.4. The van der Waals surface area contributed by atoms with Crippen molar-refractivity contribution in [2.75, 3.05) is 11.8 Å². The van der Waals surface area contributed by atoms with Crippen molar-refractivity contribution in [2.24, 2.45) is 5.92 Å². The standard InChI is InChI=1S/C10H14Br2Cl2O2/c11-8-2-1-6(3-9(8)12)10(15)16-7(4-13)5-14/h6-9H,1-5H2/t6-,8-,9+/m1/s1. The quantitative estimate of drug-likeness (QED) is 0.535. The molecule has 0 radical (unpaired) electrons. The van der Waals surface area contributed by atoms with Gasteiger partial charge in [-0.15, -0.1) is 23.2 Å². The molecular weight excluding hydrogens is 383 g/mol. The molecule has 0 spiro atoms. The second kappa shape index (κ2) is 7.45. The highest BCUT2D eigenvalue weighted by molar-refractivity contribution is 9.12. The predicted octanol–water partition coefficient (Wildman–Crippen LogP) is 3.70. The van der Waals surface area contributed by atoms with Crippen LogP contribution in [0, 0.1) is 5.92 Å². The normalized spacial score (nSPS) is 30.4. The summed E-state index contributed by atoms with van der Waals surface area (Å²) in [5.41, 5.74) is 0. The third-order valence-corrected chi connectivity index (χ3v) is 6.16. The van der Waals surface area contributed by atoms with E-state index in [-0.39, 0.29) is 29.8 Å². The highest BCUT2D eigenvalue weighted by Crippen LogP contribution is 2.34. The third kappa shape index (κ3) is 4.35. The first-order chi connectivity index (χ1) is 7.58. The molecular formula is C10H14Br2Cl2O2. The van der Waals surface area contributed by atoms with Gasteiger partial charge < -0.3 is 4.74 Å². The molecule has 0 aromatic rings. The lowest BCUT2D eigenvalue weighted by molar-refractivity contribution is -0.153. The molecule has 1 rings (SSSR count). The molecule has 0 aromatic carbocycles. The number of alkyl halides is 4. The molecule has 94 valence electrons. The van der Waals surface area contributed by atoms with Crippen molar-refractivity contribution >= 4 is 61.0 Å². The summed E-state index contributed by atoms with van der Waals surface area (Å²) in [6, 6.07) is 0. The van der Waals surface area contributed by atoms with Crippen LogP contribution in [0.1, 0.15) is 19.3 Å². The van der Waals surface area contributed by atoms with Crippen molar-refractivity contribution in [3.8, 4) is 0 Å². The molecule has 0 heterocycles. The highest BCUT2D eigenvalue weighted by atomic mass is 79.9. The van der Waals surface area contributed by atoms with Gasteiger partial charge in [-0.05, 0) is 19.3 Å². The van der Waals surface area contributed by atoms with E-state index >= 15 is 0 Å². The summed E-state index contributed by atoms with van der Waals surface area (Å²) in [5, 5.41) is 0. The molecule has 1 fully saturated rings. The van der Waals surface area contributed by atoms with Gasteiger partial charge in [0.1, 0.15) is 6.10 Å². The van der Waals surface area contributed by atoms with E-state index in [9.17, 15) is 4.79 Å². The van der Waals surface area contributed by atoms with E-state index < -0.39 is 0 Å². The molecule has 1 aliphatic rings. The van der Waals surface area contributed by atoms with Gasteiger partial charge in [0.2, 0.25) is 0 Å². The summed E-state index contributed by atoms with van der Waals surface area (Å²) in [4.78, 5) is 12.6. The zero-order valence-corrected chi connectivity index (χ0v) is 13.4. The fraction of sp³-hybridized carbons (Fsp3) is 0.900. The van der Waals surface area contributed by atoms with E-state index in [2.05, 4.69) is 31.9 Å². The second-order valence-electron chi connectivity index (χ2n) is 3.91. The minimum Gasteiger partial charge on any atom is -0.460 e. The van der Waals surface area contributed by atoms with Crippen LogP contribution in [-0.2, 0) is 9.53 Å². The van der Waals surface area contributed by atoms with Gasteiger partial charge in [-0.25, -0.2) is 0 Å². The lowest BCUT2D eigenvalue weighted by Crippen LogP contribution is -2.33. The maximum absolute atomic E-state index is 11.8. The first-order valence-corrected chi connectivity index (χ1v) is 8.09. The molecule has 0 aromatic heterocycles. The van der Waals surface area contributed by atoms with Gasteiger partial charge in [0.25, 0.3) is 0 Å². The summed E-state index contributed by atoms with van der Waals surface area (Å²) in [6.07, 6.45) is 2.26. The van der Waals surface area contributed by atoms with Gasteiger partial charge in [0.15, 0.2) is 0 Å². The van der Waals surface area contributed by atoms with Crippen molar-refractivity contribution in [2.45, 2.75) is 35.0 Å². The second-order valence-corrected chi connectivity index (χ2v) is 6.88. The number of hydrogen-bond acceptors (Lipinski definition) is 2. The highest BCUT2D eigenvalue weighted by Gasteiger charge is 2.32. The predicted molar refractivity (Wildman–Crippen MR) is 74.1 cm³/mol. The summed E-state index contributed by atoms with van der Waals surface area (Å²) in [5.74, 6) is 0.295. The van der Waals surface area contributed by atoms with Crippen molar-refractivity contribution in [1.82, 2.24) is 0 Å². The van der Waals surface area contributed by atoms with Crippen LogP contribution < -0.4 is 0 Å². The zero-order valence-electron chi connectivity index (χ0n) is 8.67. The monoisotopic (exact) mass is 394 g/mol. The van der Waals surface area contributed by atoms with Crippen LogP contribution >= 0.6 is 55.1 Å². The van der Waals surface area contributed by atoms with E-state index in [4.69, 9.17) is 27.9 Å². The fourth-order valence-electron chi connectivity index (χ4n) is 1.66. The largest absolute Gasteiger partial charge is 0.460 e. The van der Waals surface area contributed by atoms with Crippen molar-refractivity contribution < 1.29 is 9.53 Å². The van der Waals surface area contributed by atoms with Gasteiger partial charge in [0.05, 0.1) is 17.7 Å². The molecule has 0 bridgehead atoms. The number of carbonyl (C=O) groups excluding carboxylic acids is 1. The number of halogens is 4. The maximum Gasteiger partial charge on any atom is 0.309 e. The van der Waals surface area contributed by atoms with Crippen molar-refractivity contribution in [3.05, 3.63) is 0 Å². The van der Waals surface area contributed by atoms with E-state index in [1.54, 1.807) is 0 Å². The van der Waals surface area contributed by atoms with Crippen LogP contribution in [0.25, 0.3) is 0 Å². The van der Waals surface area contributed by atoms with Gasteiger partial charge in [-0.1, -0.05) is 31.9 Å². The average molecular weight is 397 g/mol. The Bertz CT molecular complexity index is 237. The van der Waals surface area contributed by atoms with Crippen LogP contribution in [0.4, 0.5) is 0 Å². The molecule has 0 saturated heterocycles. The van der Waals surface area contributed by atoms with E-state index in [1.807, 2.05) is 0 Å². The van der Waals surface area contributed by atoms with Gasteiger partial charge in [0, 0.05) is 9.65 Å². The molecule has 3 atom stereocenters. The fourth-order valence-corrected chi connectivity index (χ4v) is 3.31. The number of esters is 1. The Morgan fingerprint density at radius 1 is 1.25 bits per heavy atom. The third-order valence-electron chi connectivity index (χ3n) is 2.65. The van der Waals surface area contributed by atoms with Crippen LogP contribution in [-0.4, -0.2) is 33.5 Å². The van der Waals surface area contributed by atoms with Crippen molar-refractivity contribution in [1.29, 1.82) is 0 Å². The van der Waals surface area contributed by atoms with Crippen LogP contribution in [0.15, 0.2) is 0 Å². The van der Waals surface area contributed by atoms with Crippen LogP contribution in [0.3, 0.4) is 0 Å². The van der Waals surface area contributed by atoms with Crippen LogP contribution in [0.5, 0.6) is 0 Å². The molecule has 0 unspecified atom stereocenters. The van der Waals surface area contributed by atoms with Gasteiger partial charge in [-0.3, -0.25) is 4.79 Å². The number of carbonyl (C=O) groups is 1. The smallest absolute Gasteiger partial charge is 0.309 e. The van der Waals surface area contributed by atoms with Gasteiger partial charge >= 0.3 is 5.97 Å². The Morgan fingerprint density at radius 3 is 2.38 bits per heavy atom.